The van der Waals surface area contributed by atoms with E-state index in [1.807, 2.05) is 6.92 Å². The summed E-state index contributed by atoms with van der Waals surface area (Å²) in [6.07, 6.45) is 1.01. The minimum Gasteiger partial charge on any atom is -0.340 e. The van der Waals surface area contributed by atoms with Crippen LogP contribution < -0.4 is 0 Å². The summed E-state index contributed by atoms with van der Waals surface area (Å²) < 4.78 is 36.2. The molecular weight excluding hydrogens is 269 g/mol. The van der Waals surface area contributed by atoms with Crippen molar-refractivity contribution in [3.8, 4) is 0 Å². The first-order valence-corrected chi connectivity index (χ1v) is 7.77. The Bertz CT molecular complexity index is 584. The van der Waals surface area contributed by atoms with Crippen LogP contribution in [-0.2, 0) is 21.2 Å². The molecule has 0 saturated carbocycles. The fourth-order valence-electron chi connectivity index (χ4n) is 1.65. The third kappa shape index (κ3) is 4.02. The molecule has 1 aromatic rings. The van der Waals surface area contributed by atoms with Gasteiger partial charge in [-0.05, 0) is 19.9 Å². The molecule has 0 spiro atoms. The van der Waals surface area contributed by atoms with Gasteiger partial charge in [0.05, 0.1) is 0 Å². The van der Waals surface area contributed by atoms with Gasteiger partial charge in [-0.25, -0.2) is 12.8 Å². The fourth-order valence-corrected chi connectivity index (χ4v) is 2.20. The van der Waals surface area contributed by atoms with E-state index in [1.54, 1.807) is 12.1 Å². The average Bonchev–Trinajstić information content (AvgIpc) is 2.30. The molecule has 6 heteroatoms. The first-order valence-electron chi connectivity index (χ1n) is 5.82. The van der Waals surface area contributed by atoms with Gasteiger partial charge in [-0.3, -0.25) is 4.79 Å². The standard InChI is InChI=1S/C13H18FNO3S/c1-9-5-6-12(14)11(7-9)8-15(3)13(16)10(2)19(4,17)18/h5-7,10H,8H2,1-4H3. The first-order chi connectivity index (χ1) is 8.62. The number of sulfone groups is 1. The maximum absolute atomic E-state index is 13.6. The molecule has 0 aliphatic rings. The summed E-state index contributed by atoms with van der Waals surface area (Å²) in [6, 6.07) is 4.62. The zero-order chi connectivity index (χ0) is 14.8. The van der Waals surface area contributed by atoms with E-state index in [0.29, 0.717) is 5.56 Å². The highest BCUT2D eigenvalue weighted by atomic mass is 32.2. The molecule has 1 unspecified atom stereocenters. The lowest BCUT2D eigenvalue weighted by atomic mass is 10.1. The number of hydrogen-bond donors (Lipinski definition) is 0. The van der Waals surface area contributed by atoms with Crippen molar-refractivity contribution in [3.05, 3.63) is 35.1 Å². The zero-order valence-electron chi connectivity index (χ0n) is 11.5. The molecule has 4 nitrogen and oxygen atoms in total. The molecule has 1 aromatic carbocycles. The van der Waals surface area contributed by atoms with E-state index in [2.05, 4.69) is 0 Å². The molecular formula is C13H18FNO3S. The van der Waals surface area contributed by atoms with Gasteiger partial charge in [-0.15, -0.1) is 0 Å². The highest BCUT2D eigenvalue weighted by Gasteiger charge is 2.26. The molecule has 106 valence electrons. The minimum absolute atomic E-state index is 0.0478. The molecule has 1 atom stereocenters. The Kier molecular flexibility index (Phi) is 4.68. The van der Waals surface area contributed by atoms with Crippen LogP contribution >= 0.6 is 0 Å². The van der Waals surface area contributed by atoms with Crippen molar-refractivity contribution in [3.63, 3.8) is 0 Å². The average molecular weight is 287 g/mol. The second-order valence-corrected chi connectivity index (χ2v) is 7.13. The maximum Gasteiger partial charge on any atom is 0.240 e. The van der Waals surface area contributed by atoms with Crippen molar-refractivity contribution >= 4 is 15.7 Å². The van der Waals surface area contributed by atoms with Gasteiger partial charge in [0, 0.05) is 25.4 Å². The highest BCUT2D eigenvalue weighted by Crippen LogP contribution is 2.13. The highest BCUT2D eigenvalue weighted by molar-refractivity contribution is 7.92. The van der Waals surface area contributed by atoms with Crippen molar-refractivity contribution in [1.82, 2.24) is 4.90 Å². The van der Waals surface area contributed by atoms with Gasteiger partial charge in [0.1, 0.15) is 11.1 Å². The van der Waals surface area contributed by atoms with E-state index in [0.717, 1.165) is 11.8 Å². The molecule has 0 radical (unpaired) electrons. The lowest BCUT2D eigenvalue weighted by Gasteiger charge is -2.21. The van der Waals surface area contributed by atoms with Gasteiger partial charge in [0.25, 0.3) is 0 Å². The summed E-state index contributed by atoms with van der Waals surface area (Å²) in [7, 11) is -1.98. The van der Waals surface area contributed by atoms with Crippen LogP contribution in [0.4, 0.5) is 4.39 Å². The largest absolute Gasteiger partial charge is 0.340 e. The number of carbonyl (C=O) groups excluding carboxylic acids is 1. The zero-order valence-corrected chi connectivity index (χ0v) is 12.3. The molecule has 0 saturated heterocycles. The first kappa shape index (κ1) is 15.6. The third-order valence-electron chi connectivity index (χ3n) is 2.97. The number of halogens is 1. The summed E-state index contributed by atoms with van der Waals surface area (Å²) in [5.41, 5.74) is 1.25. The molecule has 0 heterocycles. The maximum atomic E-state index is 13.6. The van der Waals surface area contributed by atoms with Crippen molar-refractivity contribution in [2.75, 3.05) is 13.3 Å². The van der Waals surface area contributed by atoms with E-state index < -0.39 is 26.8 Å². The smallest absolute Gasteiger partial charge is 0.240 e. The Labute approximate surface area is 113 Å². The number of amides is 1. The lowest BCUT2D eigenvalue weighted by molar-refractivity contribution is -0.129. The van der Waals surface area contributed by atoms with Crippen LogP contribution in [0, 0.1) is 12.7 Å². The normalized spacial score (nSPS) is 13.1. The van der Waals surface area contributed by atoms with E-state index in [4.69, 9.17) is 0 Å². The number of carbonyl (C=O) groups is 1. The van der Waals surface area contributed by atoms with Crippen LogP contribution in [0.15, 0.2) is 18.2 Å². The summed E-state index contributed by atoms with van der Waals surface area (Å²) in [4.78, 5) is 13.1. The van der Waals surface area contributed by atoms with Crippen molar-refractivity contribution < 1.29 is 17.6 Å². The number of benzene rings is 1. The van der Waals surface area contributed by atoms with Crippen molar-refractivity contribution in [2.24, 2.45) is 0 Å². The van der Waals surface area contributed by atoms with E-state index >= 15 is 0 Å². The third-order valence-corrected chi connectivity index (χ3v) is 4.46. The second-order valence-electron chi connectivity index (χ2n) is 4.76. The monoisotopic (exact) mass is 287 g/mol. The summed E-state index contributed by atoms with van der Waals surface area (Å²) >= 11 is 0. The van der Waals surface area contributed by atoms with E-state index in [9.17, 15) is 17.6 Å². The predicted molar refractivity (Wildman–Crippen MR) is 71.9 cm³/mol. The topological polar surface area (TPSA) is 54.5 Å². The van der Waals surface area contributed by atoms with Gasteiger partial charge in [0.15, 0.2) is 9.84 Å². The molecule has 1 amide bonds. The van der Waals surface area contributed by atoms with Gasteiger partial charge in [-0.1, -0.05) is 17.7 Å². The van der Waals surface area contributed by atoms with Crippen LogP contribution in [-0.4, -0.2) is 37.8 Å². The fraction of sp³-hybridized carbons (Fsp3) is 0.462. The Morgan fingerprint density at radius 3 is 2.53 bits per heavy atom. The van der Waals surface area contributed by atoms with Gasteiger partial charge in [0.2, 0.25) is 5.91 Å². The number of aryl methyl sites for hydroxylation is 1. The predicted octanol–water partition coefficient (Wildman–Crippen LogP) is 1.53. The Balaban J connectivity index is 2.88. The number of nitrogens with zero attached hydrogens (tertiary/aromatic N) is 1. The Morgan fingerprint density at radius 2 is 2.00 bits per heavy atom. The van der Waals surface area contributed by atoms with Crippen LogP contribution in [0.25, 0.3) is 0 Å². The van der Waals surface area contributed by atoms with Gasteiger partial charge in [-0.2, -0.15) is 0 Å². The van der Waals surface area contributed by atoms with Gasteiger partial charge < -0.3 is 4.90 Å². The van der Waals surface area contributed by atoms with Crippen molar-refractivity contribution in [1.29, 1.82) is 0 Å². The summed E-state index contributed by atoms with van der Waals surface area (Å²) in [6.45, 7) is 3.21. The molecule has 0 fully saturated rings. The Morgan fingerprint density at radius 1 is 1.42 bits per heavy atom. The Hall–Kier alpha value is -1.43. The molecule has 0 aliphatic carbocycles. The second kappa shape index (κ2) is 5.69. The van der Waals surface area contributed by atoms with E-state index in [1.165, 1.54) is 24.9 Å². The number of hydrogen-bond acceptors (Lipinski definition) is 3. The summed E-state index contributed by atoms with van der Waals surface area (Å²) in [5, 5.41) is -1.12. The van der Waals surface area contributed by atoms with Crippen molar-refractivity contribution in [2.45, 2.75) is 25.6 Å². The minimum atomic E-state index is -3.44. The number of rotatable bonds is 4. The van der Waals surface area contributed by atoms with Crippen LogP contribution in [0.3, 0.4) is 0 Å². The van der Waals surface area contributed by atoms with Gasteiger partial charge >= 0.3 is 0 Å². The van der Waals surface area contributed by atoms with E-state index in [-0.39, 0.29) is 6.54 Å². The van der Waals surface area contributed by atoms with Crippen LogP contribution in [0.2, 0.25) is 0 Å². The SMILES string of the molecule is Cc1ccc(F)c(CN(C)C(=O)C(C)S(C)(=O)=O)c1. The molecule has 0 N–H and O–H groups in total. The quantitative estimate of drug-likeness (QED) is 0.844. The molecule has 1 rings (SSSR count). The molecule has 19 heavy (non-hydrogen) atoms. The molecule has 0 aromatic heterocycles. The van der Waals surface area contributed by atoms with Crippen LogP contribution in [0.1, 0.15) is 18.1 Å². The lowest BCUT2D eigenvalue weighted by Crippen LogP contribution is -2.38. The summed E-state index contributed by atoms with van der Waals surface area (Å²) in [5.74, 6) is -0.944. The molecule has 0 bridgehead atoms. The molecule has 0 aliphatic heterocycles. The van der Waals surface area contributed by atoms with Crippen LogP contribution in [0.5, 0.6) is 0 Å².